The molecule has 1 saturated carbocycles. The number of aromatic nitrogens is 1. The zero-order valence-electron chi connectivity index (χ0n) is 18.6. The summed E-state index contributed by atoms with van der Waals surface area (Å²) in [6.07, 6.45) is 4.76. The molecule has 0 bridgehead atoms. The van der Waals surface area contributed by atoms with Gasteiger partial charge in [-0.05, 0) is 73.4 Å². The number of amides is 3. The van der Waals surface area contributed by atoms with Gasteiger partial charge in [0.2, 0.25) is 0 Å². The molecule has 2 aromatic rings. The van der Waals surface area contributed by atoms with Crippen LogP contribution in [0.25, 0.3) is 0 Å². The zero-order valence-corrected chi connectivity index (χ0v) is 19.4. The summed E-state index contributed by atoms with van der Waals surface area (Å²) in [5.74, 6) is -0.212. The summed E-state index contributed by atoms with van der Waals surface area (Å²) < 4.78 is 5.70. The summed E-state index contributed by atoms with van der Waals surface area (Å²) in [5.41, 5.74) is 2.73. The lowest BCUT2D eigenvalue weighted by atomic mass is 9.85. The second-order valence-electron chi connectivity index (χ2n) is 8.72. The van der Waals surface area contributed by atoms with Gasteiger partial charge < -0.3 is 20.1 Å². The van der Waals surface area contributed by atoms with Gasteiger partial charge in [0, 0.05) is 31.4 Å². The van der Waals surface area contributed by atoms with Crippen LogP contribution in [0, 0.1) is 5.92 Å². The normalized spacial score (nSPS) is 19.6. The van der Waals surface area contributed by atoms with Gasteiger partial charge in [-0.25, -0.2) is 14.6 Å². The second kappa shape index (κ2) is 10.7. The molecule has 1 fully saturated rings. The van der Waals surface area contributed by atoms with Crippen molar-refractivity contribution in [1.29, 1.82) is 0 Å². The van der Waals surface area contributed by atoms with Crippen molar-refractivity contribution in [2.75, 3.05) is 17.2 Å². The quantitative estimate of drug-likeness (QED) is 0.552. The van der Waals surface area contributed by atoms with Crippen molar-refractivity contribution in [2.24, 2.45) is 5.92 Å². The van der Waals surface area contributed by atoms with Crippen LogP contribution in [0.1, 0.15) is 43.2 Å². The number of ether oxygens (including phenoxy) is 1. The monoisotopic (exact) mass is 486 g/mol. The van der Waals surface area contributed by atoms with E-state index in [1.54, 1.807) is 23.1 Å². The van der Waals surface area contributed by atoms with Gasteiger partial charge in [-0.2, -0.15) is 0 Å². The van der Waals surface area contributed by atoms with Crippen molar-refractivity contribution in [1.82, 2.24) is 9.88 Å². The van der Waals surface area contributed by atoms with Gasteiger partial charge in [-0.3, -0.25) is 10.1 Å². The zero-order chi connectivity index (χ0) is 24.1. The molecule has 1 aliphatic heterocycles. The number of fused-ring (bicyclic) bond motifs is 1. The van der Waals surface area contributed by atoms with Crippen LogP contribution in [0.15, 0.2) is 36.5 Å². The number of carboxylic acid groups (broad SMARTS) is 1. The average molecular weight is 487 g/mol. The number of benzene rings is 1. The summed E-state index contributed by atoms with van der Waals surface area (Å²) in [6.45, 7) is 0.980. The summed E-state index contributed by atoms with van der Waals surface area (Å²) >= 11 is 5.80. The van der Waals surface area contributed by atoms with E-state index in [0.717, 1.165) is 24.0 Å². The maximum atomic E-state index is 12.7. The van der Waals surface area contributed by atoms with Crippen LogP contribution in [-0.4, -0.2) is 45.7 Å². The van der Waals surface area contributed by atoms with E-state index in [0.29, 0.717) is 48.9 Å². The van der Waals surface area contributed by atoms with Gasteiger partial charge in [0.05, 0.1) is 5.02 Å². The highest BCUT2D eigenvalue weighted by Crippen LogP contribution is 2.30. The van der Waals surface area contributed by atoms with Gasteiger partial charge in [-0.1, -0.05) is 17.7 Å². The molecule has 10 heteroatoms. The van der Waals surface area contributed by atoms with Crippen LogP contribution in [0.2, 0.25) is 5.02 Å². The molecule has 1 aliphatic carbocycles. The highest BCUT2D eigenvalue weighted by molar-refractivity contribution is 6.30. The number of anilines is 2. The van der Waals surface area contributed by atoms with E-state index in [9.17, 15) is 14.4 Å². The lowest BCUT2D eigenvalue weighted by Crippen LogP contribution is -2.39. The number of halogens is 1. The number of carboxylic acids is 1. The number of hydrogen-bond donors (Lipinski definition) is 3. The first kappa shape index (κ1) is 23.8. The van der Waals surface area contributed by atoms with E-state index in [1.165, 1.54) is 6.20 Å². The second-order valence-corrected chi connectivity index (χ2v) is 9.16. The molecule has 3 amide bonds. The van der Waals surface area contributed by atoms with Crippen molar-refractivity contribution >= 4 is 41.2 Å². The first-order valence-corrected chi connectivity index (χ1v) is 11.7. The van der Waals surface area contributed by atoms with E-state index >= 15 is 0 Å². The number of hydrogen-bond acceptors (Lipinski definition) is 5. The third kappa shape index (κ3) is 6.38. The molecule has 0 radical (unpaired) electrons. The van der Waals surface area contributed by atoms with E-state index in [1.807, 2.05) is 12.1 Å². The average Bonchev–Trinajstić information content (AvgIpc) is 2.81. The Morgan fingerprint density at radius 2 is 1.88 bits per heavy atom. The van der Waals surface area contributed by atoms with Gasteiger partial charge >= 0.3 is 18.1 Å². The van der Waals surface area contributed by atoms with Gasteiger partial charge in [0.25, 0.3) is 0 Å². The molecule has 0 atom stereocenters. The molecule has 0 unspecified atom stereocenters. The third-order valence-corrected chi connectivity index (χ3v) is 6.45. The van der Waals surface area contributed by atoms with Crippen molar-refractivity contribution < 1.29 is 24.2 Å². The number of carbonyl (C=O) groups excluding carboxylic acids is 2. The number of carbonyl (C=O) groups is 3. The Hall–Kier alpha value is -3.33. The van der Waals surface area contributed by atoms with Crippen molar-refractivity contribution in [3.63, 3.8) is 0 Å². The van der Waals surface area contributed by atoms with E-state index < -0.39 is 12.0 Å². The SMILES string of the molecule is O=C(O)C[C@H]1CC[C@H](OC(=O)N2CCc3cc(NC(=O)Nc4ccc(Cl)cn4)ccc3C2)CC1. The molecule has 4 rings (SSSR count). The lowest BCUT2D eigenvalue weighted by molar-refractivity contribution is -0.138. The van der Waals surface area contributed by atoms with Gasteiger partial charge in [0.1, 0.15) is 11.9 Å². The van der Waals surface area contributed by atoms with Crippen molar-refractivity contribution in [3.8, 4) is 0 Å². The molecule has 3 N–H and O–H groups in total. The molecule has 1 aromatic carbocycles. The molecule has 0 spiro atoms. The van der Waals surface area contributed by atoms with Crippen LogP contribution in [0.4, 0.5) is 21.1 Å². The predicted molar refractivity (Wildman–Crippen MR) is 127 cm³/mol. The first-order chi connectivity index (χ1) is 16.4. The fourth-order valence-corrected chi connectivity index (χ4v) is 4.54. The summed E-state index contributed by atoms with van der Waals surface area (Å²) in [4.78, 5) is 41.5. The molecule has 2 heterocycles. The van der Waals surface area contributed by atoms with Gasteiger partial charge in [-0.15, -0.1) is 0 Å². The lowest BCUT2D eigenvalue weighted by Gasteiger charge is -2.32. The number of pyridine rings is 1. The fraction of sp³-hybridized carbons (Fsp3) is 0.417. The van der Waals surface area contributed by atoms with Crippen LogP contribution >= 0.6 is 11.6 Å². The minimum Gasteiger partial charge on any atom is -0.481 e. The minimum absolute atomic E-state index is 0.154. The summed E-state index contributed by atoms with van der Waals surface area (Å²) in [5, 5.41) is 14.9. The van der Waals surface area contributed by atoms with Crippen molar-refractivity contribution in [2.45, 2.75) is 51.2 Å². The Bertz CT molecular complexity index is 1050. The topological polar surface area (TPSA) is 121 Å². The van der Waals surface area contributed by atoms with Gasteiger partial charge in [0.15, 0.2) is 0 Å². The number of nitrogens with one attached hydrogen (secondary N) is 2. The standard InChI is InChI=1S/C24H27ClN4O5/c25-18-4-8-21(26-13-18)28-23(32)27-19-5-3-17-14-29(10-9-16(17)12-19)24(33)34-20-6-1-15(2-7-20)11-22(30)31/h3-5,8,12-13,15,20H,1-2,6-7,9-11,14H2,(H,30,31)(H2,26,27,28,32)/t15-,20-. The van der Waals surface area contributed by atoms with Crippen molar-refractivity contribution in [3.05, 3.63) is 52.7 Å². The van der Waals surface area contributed by atoms with Crippen LogP contribution < -0.4 is 10.6 Å². The minimum atomic E-state index is -0.773. The Labute approximate surface area is 202 Å². The Kier molecular flexibility index (Phi) is 7.52. The predicted octanol–water partition coefficient (Wildman–Crippen LogP) is 4.91. The molecule has 9 nitrogen and oxygen atoms in total. The van der Waals surface area contributed by atoms with E-state index in [2.05, 4.69) is 15.6 Å². The first-order valence-electron chi connectivity index (χ1n) is 11.3. The third-order valence-electron chi connectivity index (χ3n) is 6.23. The number of nitrogens with zero attached hydrogens (tertiary/aromatic N) is 2. The molecule has 1 aromatic heterocycles. The largest absolute Gasteiger partial charge is 0.481 e. The van der Waals surface area contributed by atoms with Crippen LogP contribution in [0.3, 0.4) is 0 Å². The maximum absolute atomic E-state index is 12.7. The molecule has 180 valence electrons. The Morgan fingerprint density at radius 3 is 2.59 bits per heavy atom. The number of urea groups is 1. The molecule has 0 saturated heterocycles. The number of rotatable bonds is 5. The van der Waals surface area contributed by atoms with E-state index in [4.69, 9.17) is 21.4 Å². The highest BCUT2D eigenvalue weighted by atomic mass is 35.5. The Morgan fingerprint density at radius 1 is 1.09 bits per heavy atom. The van der Waals surface area contributed by atoms with Crippen LogP contribution in [-0.2, 0) is 22.5 Å². The van der Waals surface area contributed by atoms with Crippen LogP contribution in [0.5, 0.6) is 0 Å². The molecular weight excluding hydrogens is 460 g/mol. The smallest absolute Gasteiger partial charge is 0.410 e. The molecular formula is C24H27ClN4O5. The molecule has 34 heavy (non-hydrogen) atoms. The maximum Gasteiger partial charge on any atom is 0.410 e. The molecule has 2 aliphatic rings. The summed E-state index contributed by atoms with van der Waals surface area (Å²) in [7, 11) is 0. The number of aliphatic carboxylic acids is 1. The van der Waals surface area contributed by atoms with E-state index in [-0.39, 0.29) is 24.5 Å². The fourth-order valence-electron chi connectivity index (χ4n) is 4.43. The highest BCUT2D eigenvalue weighted by Gasteiger charge is 2.28. The Balaban J connectivity index is 1.27. The summed E-state index contributed by atoms with van der Waals surface area (Å²) in [6, 6.07) is 8.47.